The first kappa shape index (κ1) is 10.9. The van der Waals surface area contributed by atoms with Gasteiger partial charge in [0.05, 0.1) is 12.4 Å². The number of ether oxygens (including phenoxy) is 1. The van der Waals surface area contributed by atoms with E-state index < -0.39 is 9.84 Å². The second-order valence-electron chi connectivity index (χ2n) is 3.92. The fourth-order valence-corrected chi connectivity index (χ4v) is 1.82. The zero-order chi connectivity index (χ0) is 9.95. The summed E-state index contributed by atoms with van der Waals surface area (Å²) < 4.78 is 26.9. The van der Waals surface area contributed by atoms with Crippen LogP contribution >= 0.6 is 0 Å². The molecule has 1 atom stereocenters. The average Bonchev–Trinajstić information content (AvgIpc) is 2.33. The minimum absolute atomic E-state index is 0.0231. The molecule has 0 saturated carbocycles. The Labute approximate surface area is 79.6 Å². The number of rotatable bonds is 4. The molecule has 0 aliphatic carbocycles. The summed E-state index contributed by atoms with van der Waals surface area (Å²) >= 11 is 0. The van der Waals surface area contributed by atoms with Crippen molar-refractivity contribution in [3.8, 4) is 0 Å². The topological polar surface area (TPSA) is 55.4 Å². The smallest absolute Gasteiger partial charge is 0.148 e. The van der Waals surface area contributed by atoms with Crippen LogP contribution in [0.15, 0.2) is 0 Å². The summed E-state index contributed by atoms with van der Waals surface area (Å²) in [6.45, 7) is 4.01. The molecule has 13 heavy (non-hydrogen) atoms. The van der Waals surface area contributed by atoms with E-state index in [4.69, 9.17) is 4.74 Å². The molecule has 1 aliphatic rings. The van der Waals surface area contributed by atoms with Gasteiger partial charge >= 0.3 is 0 Å². The third-order valence-corrected chi connectivity index (χ3v) is 3.19. The van der Waals surface area contributed by atoms with E-state index in [2.05, 4.69) is 12.2 Å². The Bertz CT molecular complexity index is 255. The molecular formula is C8H17NO3S. The fourth-order valence-electron chi connectivity index (χ4n) is 1.34. The van der Waals surface area contributed by atoms with E-state index >= 15 is 0 Å². The van der Waals surface area contributed by atoms with Crippen molar-refractivity contribution < 1.29 is 13.2 Å². The molecule has 0 aromatic rings. The first-order valence-electron chi connectivity index (χ1n) is 4.42. The molecular weight excluding hydrogens is 190 g/mol. The van der Waals surface area contributed by atoms with E-state index in [1.807, 2.05) is 0 Å². The zero-order valence-corrected chi connectivity index (χ0v) is 8.99. The monoisotopic (exact) mass is 207 g/mol. The van der Waals surface area contributed by atoms with Crippen molar-refractivity contribution in [3.05, 3.63) is 0 Å². The highest BCUT2D eigenvalue weighted by Gasteiger charge is 2.28. The number of nitrogens with one attached hydrogen (secondary N) is 1. The van der Waals surface area contributed by atoms with Crippen LogP contribution < -0.4 is 5.32 Å². The lowest BCUT2D eigenvalue weighted by atomic mass is 10.0. The maximum Gasteiger partial charge on any atom is 0.148 e. The van der Waals surface area contributed by atoms with Crippen LogP contribution in [-0.2, 0) is 14.6 Å². The highest BCUT2D eigenvalue weighted by atomic mass is 32.2. The summed E-state index contributed by atoms with van der Waals surface area (Å²) in [4.78, 5) is 0. The van der Waals surface area contributed by atoms with Crippen LogP contribution in [-0.4, -0.2) is 45.7 Å². The molecule has 78 valence electrons. The molecule has 4 nitrogen and oxygen atoms in total. The second-order valence-corrected chi connectivity index (χ2v) is 6.18. The normalized spacial score (nSPS) is 29.4. The largest absolute Gasteiger partial charge is 0.379 e. The summed E-state index contributed by atoms with van der Waals surface area (Å²) in [7, 11) is -2.85. The van der Waals surface area contributed by atoms with E-state index in [1.165, 1.54) is 6.26 Å². The van der Waals surface area contributed by atoms with Gasteiger partial charge in [0.25, 0.3) is 0 Å². The van der Waals surface area contributed by atoms with Crippen LogP contribution in [0.1, 0.15) is 13.3 Å². The first-order valence-corrected chi connectivity index (χ1v) is 6.48. The Morgan fingerprint density at radius 3 is 2.69 bits per heavy atom. The van der Waals surface area contributed by atoms with Crippen molar-refractivity contribution >= 4 is 9.84 Å². The second kappa shape index (κ2) is 3.94. The van der Waals surface area contributed by atoms with Gasteiger partial charge in [-0.15, -0.1) is 0 Å². The third-order valence-electron chi connectivity index (χ3n) is 2.24. The van der Waals surface area contributed by atoms with Crippen molar-refractivity contribution in [1.29, 1.82) is 0 Å². The van der Waals surface area contributed by atoms with Crippen molar-refractivity contribution in [2.45, 2.75) is 18.9 Å². The van der Waals surface area contributed by atoms with Gasteiger partial charge in [0.2, 0.25) is 0 Å². The Balaban J connectivity index is 2.26. The molecule has 0 radical (unpaired) electrons. The third kappa shape index (κ3) is 4.06. The predicted molar refractivity (Wildman–Crippen MR) is 51.6 cm³/mol. The van der Waals surface area contributed by atoms with Gasteiger partial charge in [-0.05, 0) is 13.3 Å². The first-order chi connectivity index (χ1) is 5.91. The van der Waals surface area contributed by atoms with E-state index in [0.29, 0.717) is 13.2 Å². The van der Waals surface area contributed by atoms with E-state index in [-0.39, 0.29) is 11.3 Å². The van der Waals surface area contributed by atoms with Crippen molar-refractivity contribution in [1.82, 2.24) is 5.32 Å². The molecule has 0 aromatic heterocycles. The molecule has 1 rings (SSSR count). The fraction of sp³-hybridized carbons (Fsp3) is 1.00. The van der Waals surface area contributed by atoms with Crippen molar-refractivity contribution in [3.63, 3.8) is 0 Å². The molecule has 0 amide bonds. The lowest BCUT2D eigenvalue weighted by molar-refractivity contribution is 0.172. The number of hydrogen-bond donors (Lipinski definition) is 1. The zero-order valence-electron chi connectivity index (χ0n) is 8.17. The lowest BCUT2D eigenvalue weighted by Gasteiger charge is -2.23. The Morgan fingerprint density at radius 2 is 2.23 bits per heavy atom. The summed E-state index contributed by atoms with van der Waals surface area (Å²) in [6, 6.07) is 0. The minimum atomic E-state index is -2.85. The highest BCUT2D eigenvalue weighted by molar-refractivity contribution is 7.90. The van der Waals surface area contributed by atoms with Crippen LogP contribution in [0, 0.1) is 0 Å². The maximum absolute atomic E-state index is 10.8. The van der Waals surface area contributed by atoms with Crippen molar-refractivity contribution in [2.75, 3.05) is 31.8 Å². The molecule has 1 aliphatic heterocycles. The van der Waals surface area contributed by atoms with Gasteiger partial charge in [-0.2, -0.15) is 0 Å². The van der Waals surface area contributed by atoms with Crippen LogP contribution in [0.25, 0.3) is 0 Å². The number of sulfone groups is 1. The van der Waals surface area contributed by atoms with Gasteiger partial charge in [-0.3, -0.25) is 0 Å². The maximum atomic E-state index is 10.8. The average molecular weight is 207 g/mol. The molecule has 1 saturated heterocycles. The van der Waals surface area contributed by atoms with E-state index in [9.17, 15) is 8.42 Å². The van der Waals surface area contributed by atoms with Gasteiger partial charge in [-0.1, -0.05) is 0 Å². The van der Waals surface area contributed by atoms with E-state index in [1.54, 1.807) is 0 Å². The van der Waals surface area contributed by atoms with Gasteiger partial charge < -0.3 is 10.1 Å². The predicted octanol–water partition coefficient (Wildman–Crippen LogP) is -0.200. The SMILES string of the molecule is CC1(NCCS(C)(=O)=O)CCOC1. The Hall–Kier alpha value is -0.130. The van der Waals surface area contributed by atoms with Crippen LogP contribution in [0.3, 0.4) is 0 Å². The highest BCUT2D eigenvalue weighted by Crippen LogP contribution is 2.16. The Kier molecular flexibility index (Phi) is 3.32. The quantitative estimate of drug-likeness (QED) is 0.693. The van der Waals surface area contributed by atoms with Gasteiger partial charge in [0.15, 0.2) is 0 Å². The minimum Gasteiger partial charge on any atom is -0.379 e. The molecule has 0 spiro atoms. The van der Waals surface area contributed by atoms with E-state index in [0.717, 1.165) is 13.0 Å². The lowest BCUT2D eigenvalue weighted by Crippen LogP contribution is -2.44. The molecule has 0 bridgehead atoms. The standard InChI is InChI=1S/C8H17NO3S/c1-8(3-5-12-7-8)9-4-6-13(2,10)11/h9H,3-7H2,1-2H3. The summed E-state index contributed by atoms with van der Waals surface area (Å²) in [5, 5.41) is 3.21. The van der Waals surface area contributed by atoms with Crippen LogP contribution in [0.2, 0.25) is 0 Å². The molecule has 0 aromatic carbocycles. The molecule has 1 unspecified atom stereocenters. The number of hydrogen-bond acceptors (Lipinski definition) is 4. The Morgan fingerprint density at radius 1 is 1.54 bits per heavy atom. The van der Waals surface area contributed by atoms with Gasteiger partial charge in [0, 0.05) is 24.9 Å². The van der Waals surface area contributed by atoms with Gasteiger partial charge in [-0.25, -0.2) is 8.42 Å². The van der Waals surface area contributed by atoms with Crippen LogP contribution in [0.5, 0.6) is 0 Å². The van der Waals surface area contributed by atoms with Crippen molar-refractivity contribution in [2.24, 2.45) is 0 Å². The molecule has 1 N–H and O–H groups in total. The molecule has 5 heteroatoms. The summed E-state index contributed by atoms with van der Waals surface area (Å²) in [5.74, 6) is 0.197. The van der Waals surface area contributed by atoms with Gasteiger partial charge in [0.1, 0.15) is 9.84 Å². The summed E-state index contributed by atoms with van der Waals surface area (Å²) in [6.07, 6.45) is 2.21. The summed E-state index contributed by atoms with van der Waals surface area (Å²) in [5.41, 5.74) is -0.0231. The molecule has 1 heterocycles. The van der Waals surface area contributed by atoms with Crippen LogP contribution in [0.4, 0.5) is 0 Å². The molecule has 1 fully saturated rings.